The summed E-state index contributed by atoms with van der Waals surface area (Å²) >= 11 is 0. The number of rotatable bonds is 7. The summed E-state index contributed by atoms with van der Waals surface area (Å²) < 4.78 is 26.5. The first-order valence-electron chi connectivity index (χ1n) is 6.65. The molecule has 0 radical (unpaired) electrons. The van der Waals surface area contributed by atoms with Gasteiger partial charge in [0.1, 0.15) is 11.6 Å². The molecule has 0 aliphatic rings. The normalized spacial score (nSPS) is 13.6. The number of benzene rings is 1. The first-order valence-corrected chi connectivity index (χ1v) is 6.65. The van der Waals surface area contributed by atoms with Crippen molar-refractivity contribution in [2.24, 2.45) is 5.41 Å². The van der Waals surface area contributed by atoms with Crippen LogP contribution in [-0.2, 0) is 0 Å². The minimum atomic E-state index is -0.559. The molecule has 0 aliphatic heterocycles. The number of hydrogen-bond acceptors (Lipinski definition) is 2. The van der Waals surface area contributed by atoms with E-state index in [4.69, 9.17) is 5.11 Å². The van der Waals surface area contributed by atoms with Gasteiger partial charge in [0.2, 0.25) is 0 Å². The molecule has 2 N–H and O–H groups in total. The van der Waals surface area contributed by atoms with E-state index in [1.807, 2.05) is 6.92 Å². The third-order valence-electron chi connectivity index (χ3n) is 3.33. The first-order chi connectivity index (χ1) is 8.85. The molecule has 0 bridgehead atoms. The van der Waals surface area contributed by atoms with Crippen LogP contribution in [0.4, 0.5) is 8.78 Å². The van der Waals surface area contributed by atoms with Crippen LogP contribution in [0.2, 0.25) is 0 Å². The second-order valence-corrected chi connectivity index (χ2v) is 5.76. The van der Waals surface area contributed by atoms with E-state index in [2.05, 4.69) is 19.2 Å². The first kappa shape index (κ1) is 16.1. The Hall–Kier alpha value is -1.00. The van der Waals surface area contributed by atoms with Gasteiger partial charge in [0, 0.05) is 30.8 Å². The highest BCUT2D eigenvalue weighted by Crippen LogP contribution is 2.23. The van der Waals surface area contributed by atoms with Crippen molar-refractivity contribution in [3.05, 3.63) is 35.4 Å². The largest absolute Gasteiger partial charge is 0.396 e. The van der Waals surface area contributed by atoms with E-state index in [0.29, 0.717) is 12.1 Å². The molecule has 1 atom stereocenters. The summed E-state index contributed by atoms with van der Waals surface area (Å²) in [5, 5.41) is 12.1. The van der Waals surface area contributed by atoms with Gasteiger partial charge in [0.15, 0.2) is 0 Å². The Morgan fingerprint density at radius 3 is 2.58 bits per heavy atom. The zero-order chi connectivity index (χ0) is 14.5. The molecule has 2 nitrogen and oxygen atoms in total. The predicted molar refractivity (Wildman–Crippen MR) is 72.9 cm³/mol. The lowest BCUT2D eigenvalue weighted by Gasteiger charge is -2.27. The summed E-state index contributed by atoms with van der Waals surface area (Å²) in [4.78, 5) is 0. The van der Waals surface area contributed by atoms with Crippen molar-refractivity contribution in [1.29, 1.82) is 0 Å². The van der Waals surface area contributed by atoms with Gasteiger partial charge in [-0.25, -0.2) is 8.78 Å². The quantitative estimate of drug-likeness (QED) is 0.796. The Morgan fingerprint density at radius 2 is 2.00 bits per heavy atom. The third kappa shape index (κ3) is 5.25. The third-order valence-corrected chi connectivity index (χ3v) is 3.33. The summed E-state index contributed by atoms with van der Waals surface area (Å²) in [7, 11) is 0. The average Bonchev–Trinajstić information content (AvgIpc) is 2.34. The van der Waals surface area contributed by atoms with Crippen LogP contribution in [0, 0.1) is 17.0 Å². The van der Waals surface area contributed by atoms with E-state index < -0.39 is 11.6 Å². The van der Waals surface area contributed by atoms with Crippen molar-refractivity contribution in [1.82, 2.24) is 5.32 Å². The Bertz CT molecular complexity index is 407. The molecule has 1 rings (SSSR count). The summed E-state index contributed by atoms with van der Waals surface area (Å²) in [5.74, 6) is -1.08. The Balaban J connectivity index is 2.57. The summed E-state index contributed by atoms with van der Waals surface area (Å²) in [6.07, 6.45) is 1.66. The monoisotopic (exact) mass is 271 g/mol. The van der Waals surface area contributed by atoms with E-state index in [9.17, 15) is 8.78 Å². The molecular weight excluding hydrogens is 248 g/mol. The van der Waals surface area contributed by atoms with Gasteiger partial charge >= 0.3 is 0 Å². The van der Waals surface area contributed by atoms with E-state index in [1.165, 1.54) is 12.1 Å². The van der Waals surface area contributed by atoms with Crippen LogP contribution in [0.25, 0.3) is 0 Å². The molecule has 0 saturated carbocycles. The van der Waals surface area contributed by atoms with E-state index in [-0.39, 0.29) is 18.1 Å². The van der Waals surface area contributed by atoms with Crippen LogP contribution >= 0.6 is 0 Å². The lowest BCUT2D eigenvalue weighted by atomic mass is 9.87. The van der Waals surface area contributed by atoms with Crippen LogP contribution in [0.5, 0.6) is 0 Å². The van der Waals surface area contributed by atoms with Crippen molar-refractivity contribution >= 4 is 0 Å². The summed E-state index contributed by atoms with van der Waals surface area (Å²) in [6, 6.07) is 3.48. The smallest absolute Gasteiger partial charge is 0.130 e. The maximum Gasteiger partial charge on any atom is 0.130 e. The van der Waals surface area contributed by atoms with Crippen LogP contribution in [0.1, 0.15) is 45.2 Å². The van der Waals surface area contributed by atoms with Crippen LogP contribution in [0.15, 0.2) is 18.2 Å². The van der Waals surface area contributed by atoms with Gasteiger partial charge in [-0.1, -0.05) is 19.9 Å². The second kappa shape index (κ2) is 6.96. The standard InChI is InChI=1S/C15H23F2NO/c1-11(13-6-5-12(16)9-14(13)17)18-10-15(2,3)7-4-8-19/h5-6,9,11,18-19H,4,7-8,10H2,1-3H3. The summed E-state index contributed by atoms with van der Waals surface area (Å²) in [6.45, 7) is 6.96. The molecular formula is C15H23F2NO. The van der Waals surface area contributed by atoms with Gasteiger partial charge in [-0.2, -0.15) is 0 Å². The minimum Gasteiger partial charge on any atom is -0.396 e. The molecule has 0 spiro atoms. The zero-order valence-corrected chi connectivity index (χ0v) is 11.8. The average molecular weight is 271 g/mol. The van der Waals surface area contributed by atoms with Crippen molar-refractivity contribution in [2.45, 2.75) is 39.7 Å². The van der Waals surface area contributed by atoms with E-state index in [1.54, 1.807) is 0 Å². The molecule has 1 aromatic carbocycles. The van der Waals surface area contributed by atoms with Gasteiger partial charge in [-0.05, 0) is 31.2 Å². The fraction of sp³-hybridized carbons (Fsp3) is 0.600. The fourth-order valence-electron chi connectivity index (χ4n) is 2.04. The molecule has 4 heteroatoms. The van der Waals surface area contributed by atoms with Crippen molar-refractivity contribution in [2.75, 3.05) is 13.2 Å². The molecule has 1 aromatic rings. The lowest BCUT2D eigenvalue weighted by molar-refractivity contribution is 0.232. The molecule has 108 valence electrons. The van der Waals surface area contributed by atoms with Crippen molar-refractivity contribution in [3.63, 3.8) is 0 Å². The second-order valence-electron chi connectivity index (χ2n) is 5.76. The topological polar surface area (TPSA) is 32.3 Å². The molecule has 0 saturated heterocycles. The highest BCUT2D eigenvalue weighted by Gasteiger charge is 2.19. The highest BCUT2D eigenvalue weighted by atomic mass is 19.1. The molecule has 0 amide bonds. The molecule has 0 fully saturated rings. The van der Waals surface area contributed by atoms with Gasteiger partial charge < -0.3 is 10.4 Å². The number of nitrogens with one attached hydrogen (secondary N) is 1. The van der Waals surface area contributed by atoms with Gasteiger partial charge in [-0.3, -0.25) is 0 Å². The molecule has 0 heterocycles. The van der Waals surface area contributed by atoms with Gasteiger partial charge in [-0.15, -0.1) is 0 Å². The molecule has 0 aliphatic carbocycles. The zero-order valence-electron chi connectivity index (χ0n) is 11.8. The van der Waals surface area contributed by atoms with E-state index >= 15 is 0 Å². The van der Waals surface area contributed by atoms with Gasteiger partial charge in [0.25, 0.3) is 0 Å². The maximum absolute atomic E-state index is 13.6. The number of halogens is 2. The predicted octanol–water partition coefficient (Wildman–Crippen LogP) is 3.41. The Labute approximate surface area is 113 Å². The molecule has 19 heavy (non-hydrogen) atoms. The molecule has 1 unspecified atom stereocenters. The highest BCUT2D eigenvalue weighted by molar-refractivity contribution is 5.21. The molecule has 0 aromatic heterocycles. The summed E-state index contributed by atoms with van der Waals surface area (Å²) in [5.41, 5.74) is 0.507. The fourth-order valence-corrected chi connectivity index (χ4v) is 2.04. The number of hydrogen-bond donors (Lipinski definition) is 2. The van der Waals surface area contributed by atoms with Crippen molar-refractivity contribution < 1.29 is 13.9 Å². The number of aliphatic hydroxyl groups excluding tert-OH is 1. The minimum absolute atomic E-state index is 0.0352. The van der Waals surface area contributed by atoms with Crippen molar-refractivity contribution in [3.8, 4) is 0 Å². The lowest BCUT2D eigenvalue weighted by Crippen LogP contribution is -2.31. The van der Waals surface area contributed by atoms with Crippen LogP contribution in [0.3, 0.4) is 0 Å². The maximum atomic E-state index is 13.6. The van der Waals surface area contributed by atoms with Gasteiger partial charge in [0.05, 0.1) is 0 Å². The Morgan fingerprint density at radius 1 is 1.32 bits per heavy atom. The Kier molecular flexibility index (Phi) is 5.88. The van der Waals surface area contributed by atoms with Crippen LogP contribution < -0.4 is 5.32 Å². The SMILES string of the molecule is CC(NCC(C)(C)CCCO)c1ccc(F)cc1F. The van der Waals surface area contributed by atoms with E-state index in [0.717, 1.165) is 18.9 Å². The van der Waals surface area contributed by atoms with Crippen LogP contribution in [-0.4, -0.2) is 18.3 Å². The number of aliphatic hydroxyl groups is 1.